The van der Waals surface area contributed by atoms with E-state index in [0.717, 1.165) is 35.0 Å². The van der Waals surface area contributed by atoms with Crippen LogP contribution in [0.5, 0.6) is 0 Å². The lowest BCUT2D eigenvalue weighted by molar-refractivity contribution is -0.145. The van der Waals surface area contributed by atoms with E-state index in [2.05, 4.69) is 41.5 Å². The average molecular weight is 285 g/mol. The van der Waals surface area contributed by atoms with Gasteiger partial charge in [0.1, 0.15) is 0 Å². The van der Waals surface area contributed by atoms with Crippen molar-refractivity contribution in [3.63, 3.8) is 0 Å². The first-order valence-electron chi connectivity index (χ1n) is 7.86. The first-order valence-corrected chi connectivity index (χ1v) is 10.2. The molecule has 19 heavy (non-hydrogen) atoms. The van der Waals surface area contributed by atoms with E-state index >= 15 is 0 Å². The number of esters is 1. The molecule has 0 aliphatic heterocycles. The van der Waals surface area contributed by atoms with Crippen molar-refractivity contribution in [2.75, 3.05) is 7.11 Å². The molecular weight excluding hydrogens is 252 g/mol. The minimum atomic E-state index is -1.40. The molecule has 0 amide bonds. The predicted octanol–water partition coefficient (Wildman–Crippen LogP) is 5.01. The zero-order valence-electron chi connectivity index (χ0n) is 13.8. The van der Waals surface area contributed by atoms with Crippen LogP contribution in [-0.2, 0) is 9.53 Å². The van der Waals surface area contributed by atoms with Crippen LogP contribution in [0.3, 0.4) is 0 Å². The average Bonchev–Trinajstić information content (AvgIpc) is 2.77. The zero-order valence-corrected chi connectivity index (χ0v) is 14.8. The van der Waals surface area contributed by atoms with Crippen molar-refractivity contribution in [2.24, 2.45) is 5.92 Å². The van der Waals surface area contributed by atoms with Crippen LogP contribution in [0.25, 0.3) is 0 Å². The Morgan fingerprint density at radius 3 is 1.84 bits per heavy atom. The van der Waals surface area contributed by atoms with Crippen LogP contribution in [0.2, 0.25) is 22.2 Å². The standard InChI is InChI=1S/C16H32O2Si/c1-11(2)19(12(3)4,13(5)6)15-9-8-14(10-15)16(17)18-7/h11-15H,8-10H2,1-7H3/t14?,15-/m1/s1. The molecule has 0 aromatic heterocycles. The van der Waals surface area contributed by atoms with Gasteiger partial charge in [-0.1, -0.05) is 64.6 Å². The van der Waals surface area contributed by atoms with Gasteiger partial charge >= 0.3 is 5.97 Å². The van der Waals surface area contributed by atoms with Gasteiger partial charge in [0.05, 0.1) is 21.1 Å². The summed E-state index contributed by atoms with van der Waals surface area (Å²) < 4.78 is 4.95. The molecule has 2 nitrogen and oxygen atoms in total. The first kappa shape index (κ1) is 16.7. The van der Waals surface area contributed by atoms with Crippen molar-refractivity contribution in [3.05, 3.63) is 0 Å². The number of carbonyl (C=O) groups is 1. The molecule has 1 fully saturated rings. The maximum absolute atomic E-state index is 11.8. The number of carbonyl (C=O) groups excluding carboxylic acids is 1. The molecular formula is C16H32O2Si. The summed E-state index contributed by atoms with van der Waals surface area (Å²) in [7, 11) is 0.119. The van der Waals surface area contributed by atoms with Crippen LogP contribution in [0.15, 0.2) is 0 Å². The lowest BCUT2D eigenvalue weighted by Crippen LogP contribution is -2.48. The van der Waals surface area contributed by atoms with E-state index in [1.165, 1.54) is 13.5 Å². The topological polar surface area (TPSA) is 26.3 Å². The van der Waals surface area contributed by atoms with Crippen LogP contribution in [-0.4, -0.2) is 21.2 Å². The van der Waals surface area contributed by atoms with Crippen LogP contribution < -0.4 is 0 Å². The normalized spacial score (nSPS) is 24.5. The first-order chi connectivity index (χ1) is 8.78. The Hall–Kier alpha value is -0.313. The van der Waals surface area contributed by atoms with Crippen molar-refractivity contribution >= 4 is 14.0 Å². The van der Waals surface area contributed by atoms with Crippen LogP contribution >= 0.6 is 0 Å². The van der Waals surface area contributed by atoms with E-state index in [1.54, 1.807) is 0 Å². The number of hydrogen-bond donors (Lipinski definition) is 0. The van der Waals surface area contributed by atoms with Crippen molar-refractivity contribution in [1.82, 2.24) is 0 Å². The third-order valence-corrected chi connectivity index (χ3v) is 13.6. The highest BCUT2D eigenvalue weighted by molar-refractivity contribution is 6.84. The van der Waals surface area contributed by atoms with Crippen molar-refractivity contribution < 1.29 is 9.53 Å². The molecule has 0 aromatic rings. The van der Waals surface area contributed by atoms with Gasteiger partial charge in [0.15, 0.2) is 0 Å². The molecule has 0 bridgehead atoms. The third-order valence-electron chi connectivity index (χ3n) is 5.67. The lowest BCUT2D eigenvalue weighted by Gasteiger charge is -2.48. The highest BCUT2D eigenvalue weighted by Gasteiger charge is 2.51. The Labute approximate surface area is 120 Å². The second-order valence-corrected chi connectivity index (χ2v) is 13.5. The van der Waals surface area contributed by atoms with Gasteiger partial charge in [0, 0.05) is 0 Å². The van der Waals surface area contributed by atoms with Gasteiger partial charge in [-0.3, -0.25) is 4.79 Å². The second kappa shape index (κ2) is 6.42. The van der Waals surface area contributed by atoms with Gasteiger partial charge in [-0.2, -0.15) is 0 Å². The molecule has 0 spiro atoms. The summed E-state index contributed by atoms with van der Waals surface area (Å²) in [5.41, 5.74) is 3.15. The van der Waals surface area contributed by atoms with Gasteiger partial charge in [-0.15, -0.1) is 0 Å². The Morgan fingerprint density at radius 1 is 1.00 bits per heavy atom. The van der Waals surface area contributed by atoms with Gasteiger partial charge in [-0.25, -0.2) is 0 Å². The van der Waals surface area contributed by atoms with Crippen molar-refractivity contribution in [2.45, 2.75) is 83.0 Å². The monoisotopic (exact) mass is 284 g/mol. The molecule has 2 atom stereocenters. The summed E-state index contributed by atoms with van der Waals surface area (Å²) in [6.45, 7) is 14.5. The summed E-state index contributed by atoms with van der Waals surface area (Å²) in [5.74, 6) is 0.180. The number of rotatable bonds is 5. The van der Waals surface area contributed by atoms with Crippen LogP contribution in [0.1, 0.15) is 60.8 Å². The molecule has 112 valence electrons. The lowest BCUT2D eigenvalue weighted by atomic mass is 10.1. The van der Waals surface area contributed by atoms with E-state index in [4.69, 9.17) is 4.74 Å². The summed E-state index contributed by atoms with van der Waals surface area (Å²) in [4.78, 5) is 11.8. The number of hydrogen-bond acceptors (Lipinski definition) is 2. The fraction of sp³-hybridized carbons (Fsp3) is 0.938. The van der Waals surface area contributed by atoms with Gasteiger partial charge < -0.3 is 4.74 Å². The highest BCUT2D eigenvalue weighted by atomic mass is 28.3. The Morgan fingerprint density at radius 2 is 1.47 bits per heavy atom. The van der Waals surface area contributed by atoms with Crippen LogP contribution in [0.4, 0.5) is 0 Å². The van der Waals surface area contributed by atoms with Crippen molar-refractivity contribution in [1.29, 1.82) is 0 Å². The molecule has 0 aromatic carbocycles. The number of ether oxygens (including phenoxy) is 1. The Bertz CT molecular complexity index is 288. The zero-order chi connectivity index (χ0) is 14.8. The SMILES string of the molecule is COC(=O)C1CC[C@@H]([Si](C(C)C)(C(C)C)C(C)C)C1. The minimum absolute atomic E-state index is 0.0154. The highest BCUT2D eigenvalue weighted by Crippen LogP contribution is 2.56. The van der Waals surface area contributed by atoms with E-state index in [9.17, 15) is 4.79 Å². The fourth-order valence-electron chi connectivity index (χ4n) is 5.23. The largest absolute Gasteiger partial charge is 0.469 e. The molecule has 0 saturated heterocycles. The smallest absolute Gasteiger partial charge is 0.308 e. The van der Waals surface area contributed by atoms with Gasteiger partial charge in [0.2, 0.25) is 0 Å². The fourth-order valence-corrected chi connectivity index (χ4v) is 13.4. The van der Waals surface area contributed by atoms with E-state index in [-0.39, 0.29) is 11.9 Å². The maximum atomic E-state index is 11.8. The minimum Gasteiger partial charge on any atom is -0.469 e. The summed E-state index contributed by atoms with van der Waals surface area (Å²) >= 11 is 0. The van der Waals surface area contributed by atoms with E-state index in [0.29, 0.717) is 0 Å². The third kappa shape index (κ3) is 2.91. The van der Waals surface area contributed by atoms with Gasteiger partial charge in [-0.05, 0) is 18.4 Å². The van der Waals surface area contributed by atoms with Crippen molar-refractivity contribution in [3.8, 4) is 0 Å². The molecule has 0 heterocycles. The predicted molar refractivity (Wildman–Crippen MR) is 84.2 cm³/mol. The Kier molecular flexibility index (Phi) is 5.66. The van der Waals surface area contributed by atoms with Crippen LogP contribution in [0, 0.1) is 5.92 Å². The molecule has 1 saturated carbocycles. The summed E-state index contributed by atoms with van der Waals surface area (Å²) in [5, 5.41) is 0. The molecule has 3 heteroatoms. The van der Waals surface area contributed by atoms with Gasteiger partial charge in [0.25, 0.3) is 0 Å². The van der Waals surface area contributed by atoms with E-state index < -0.39 is 8.07 Å². The Balaban J connectivity index is 2.99. The van der Waals surface area contributed by atoms with E-state index in [1.807, 2.05) is 0 Å². The summed E-state index contributed by atoms with van der Waals surface area (Å²) in [6.07, 6.45) is 3.35. The quantitative estimate of drug-likeness (QED) is 0.524. The molecule has 1 rings (SSSR count). The molecule has 1 unspecified atom stereocenters. The number of methoxy groups -OCH3 is 1. The molecule has 0 radical (unpaired) electrons. The molecule has 1 aliphatic carbocycles. The molecule has 0 N–H and O–H groups in total. The summed E-state index contributed by atoms with van der Waals surface area (Å²) in [6, 6.07) is 0. The maximum Gasteiger partial charge on any atom is 0.308 e. The molecule has 1 aliphatic rings. The second-order valence-electron chi connectivity index (χ2n) is 7.19.